The first-order valence-corrected chi connectivity index (χ1v) is 7.46. The largest absolute Gasteiger partial charge is 0.465 e. The highest BCUT2D eigenvalue weighted by atomic mass is 16.5. The summed E-state index contributed by atoms with van der Waals surface area (Å²) in [6, 6.07) is 16.3. The highest BCUT2D eigenvalue weighted by molar-refractivity contribution is 5.92. The molecule has 5 nitrogen and oxygen atoms in total. The number of anilines is 1. The molecule has 0 aromatic heterocycles. The molecule has 0 atom stereocenters. The minimum Gasteiger partial charge on any atom is -0.465 e. The quantitative estimate of drug-likeness (QED) is 0.852. The number of carbonyl (C=O) groups excluding carboxylic acids is 2. The smallest absolute Gasteiger partial charge is 0.337 e. The van der Waals surface area contributed by atoms with Crippen LogP contribution in [0.2, 0.25) is 0 Å². The normalized spacial score (nSPS) is 14.7. The van der Waals surface area contributed by atoms with Crippen molar-refractivity contribution in [2.45, 2.75) is 18.4 Å². The summed E-state index contributed by atoms with van der Waals surface area (Å²) in [7, 11) is 1.33. The first-order valence-electron chi connectivity index (χ1n) is 7.46. The van der Waals surface area contributed by atoms with Gasteiger partial charge < -0.3 is 15.4 Å². The summed E-state index contributed by atoms with van der Waals surface area (Å²) in [5.41, 5.74) is 1.94. The molecule has 3 rings (SSSR count). The molecular weight excluding hydrogens is 292 g/mol. The predicted octanol–water partition coefficient (Wildman–Crippen LogP) is 3.28. The lowest BCUT2D eigenvalue weighted by Crippen LogP contribution is -2.38. The molecule has 0 unspecified atom stereocenters. The Hall–Kier alpha value is -2.82. The van der Waals surface area contributed by atoms with Crippen LogP contribution in [0.15, 0.2) is 54.6 Å². The average molecular weight is 310 g/mol. The van der Waals surface area contributed by atoms with Gasteiger partial charge in [0.1, 0.15) is 0 Å². The van der Waals surface area contributed by atoms with E-state index in [9.17, 15) is 9.59 Å². The zero-order valence-electron chi connectivity index (χ0n) is 12.8. The summed E-state index contributed by atoms with van der Waals surface area (Å²) < 4.78 is 4.64. The van der Waals surface area contributed by atoms with Gasteiger partial charge in [0.2, 0.25) is 0 Å². The van der Waals surface area contributed by atoms with Gasteiger partial charge in [0.15, 0.2) is 0 Å². The number of hydrogen-bond donors (Lipinski definition) is 2. The van der Waals surface area contributed by atoms with E-state index in [2.05, 4.69) is 15.4 Å². The highest BCUT2D eigenvalue weighted by Gasteiger charge is 2.45. The van der Waals surface area contributed by atoms with Crippen molar-refractivity contribution in [1.29, 1.82) is 0 Å². The topological polar surface area (TPSA) is 67.4 Å². The van der Waals surface area contributed by atoms with Gasteiger partial charge in [-0.3, -0.25) is 0 Å². The Kier molecular flexibility index (Phi) is 4.02. The molecule has 1 aliphatic carbocycles. The summed E-state index contributed by atoms with van der Waals surface area (Å²) in [5, 5.41) is 5.83. The van der Waals surface area contributed by atoms with Crippen LogP contribution in [0.25, 0.3) is 0 Å². The Labute approximate surface area is 134 Å². The predicted molar refractivity (Wildman–Crippen MR) is 87.3 cm³/mol. The van der Waals surface area contributed by atoms with Crippen LogP contribution in [-0.4, -0.2) is 19.1 Å². The SMILES string of the molecule is COC(=O)c1ccc(NC(=O)NC2(c3ccccc3)CC2)cc1. The van der Waals surface area contributed by atoms with E-state index in [1.165, 1.54) is 7.11 Å². The number of methoxy groups -OCH3 is 1. The van der Waals surface area contributed by atoms with E-state index in [0.717, 1.165) is 18.4 Å². The summed E-state index contributed by atoms with van der Waals surface area (Å²) in [6.45, 7) is 0. The number of amides is 2. The van der Waals surface area contributed by atoms with Crippen LogP contribution in [0.1, 0.15) is 28.8 Å². The van der Waals surface area contributed by atoms with Crippen molar-refractivity contribution in [3.63, 3.8) is 0 Å². The lowest BCUT2D eigenvalue weighted by atomic mass is 10.1. The lowest BCUT2D eigenvalue weighted by Gasteiger charge is -2.18. The van der Waals surface area contributed by atoms with Crippen LogP contribution in [0.4, 0.5) is 10.5 Å². The number of urea groups is 1. The number of benzene rings is 2. The second-order valence-electron chi connectivity index (χ2n) is 5.60. The van der Waals surface area contributed by atoms with Crippen molar-refractivity contribution in [2.75, 3.05) is 12.4 Å². The Balaban J connectivity index is 1.63. The molecule has 2 aromatic rings. The van der Waals surface area contributed by atoms with Crippen LogP contribution in [0.5, 0.6) is 0 Å². The maximum absolute atomic E-state index is 12.2. The molecule has 0 spiro atoms. The Morgan fingerprint density at radius 2 is 1.65 bits per heavy atom. The molecule has 5 heteroatoms. The van der Waals surface area contributed by atoms with Gasteiger partial charge >= 0.3 is 12.0 Å². The molecule has 0 bridgehead atoms. The molecule has 1 aliphatic rings. The van der Waals surface area contributed by atoms with E-state index >= 15 is 0 Å². The molecule has 0 saturated heterocycles. The highest BCUT2D eigenvalue weighted by Crippen LogP contribution is 2.45. The van der Waals surface area contributed by atoms with Gasteiger partial charge in [-0.2, -0.15) is 0 Å². The van der Waals surface area contributed by atoms with Crippen LogP contribution in [-0.2, 0) is 10.3 Å². The van der Waals surface area contributed by atoms with E-state index < -0.39 is 5.97 Å². The second kappa shape index (κ2) is 6.12. The summed E-state index contributed by atoms with van der Waals surface area (Å²) in [5.74, 6) is -0.401. The van der Waals surface area contributed by atoms with Crippen LogP contribution in [0.3, 0.4) is 0 Å². The third kappa shape index (κ3) is 3.34. The minimum absolute atomic E-state index is 0.253. The van der Waals surface area contributed by atoms with E-state index in [-0.39, 0.29) is 11.6 Å². The van der Waals surface area contributed by atoms with Crippen molar-refractivity contribution in [3.05, 3.63) is 65.7 Å². The van der Waals surface area contributed by atoms with Crippen molar-refractivity contribution in [1.82, 2.24) is 5.32 Å². The molecule has 0 aliphatic heterocycles. The molecule has 1 fully saturated rings. The number of nitrogens with one attached hydrogen (secondary N) is 2. The van der Waals surface area contributed by atoms with E-state index in [0.29, 0.717) is 11.3 Å². The minimum atomic E-state index is -0.401. The number of ether oxygens (including phenoxy) is 1. The van der Waals surface area contributed by atoms with Crippen LogP contribution in [0, 0.1) is 0 Å². The zero-order chi connectivity index (χ0) is 16.3. The van der Waals surface area contributed by atoms with Gasteiger partial charge in [0.05, 0.1) is 18.2 Å². The molecule has 0 heterocycles. The van der Waals surface area contributed by atoms with Crippen molar-refractivity contribution >= 4 is 17.7 Å². The fourth-order valence-electron chi connectivity index (χ4n) is 2.56. The van der Waals surface area contributed by atoms with Crippen molar-refractivity contribution < 1.29 is 14.3 Å². The summed E-state index contributed by atoms with van der Waals surface area (Å²) in [4.78, 5) is 23.6. The second-order valence-corrected chi connectivity index (χ2v) is 5.60. The van der Waals surface area contributed by atoms with Gasteiger partial charge in [0.25, 0.3) is 0 Å². The van der Waals surface area contributed by atoms with Crippen LogP contribution >= 0.6 is 0 Å². The number of rotatable bonds is 4. The monoisotopic (exact) mass is 310 g/mol. The maximum Gasteiger partial charge on any atom is 0.337 e. The van der Waals surface area contributed by atoms with Gasteiger partial charge in [-0.05, 0) is 42.7 Å². The molecular formula is C18H18N2O3. The summed E-state index contributed by atoms with van der Waals surface area (Å²) in [6.07, 6.45) is 1.87. The summed E-state index contributed by atoms with van der Waals surface area (Å²) >= 11 is 0. The molecule has 23 heavy (non-hydrogen) atoms. The molecule has 2 N–H and O–H groups in total. The van der Waals surface area contributed by atoms with E-state index in [1.807, 2.05) is 30.3 Å². The molecule has 118 valence electrons. The number of esters is 1. The Bertz CT molecular complexity index is 707. The van der Waals surface area contributed by atoms with E-state index in [1.54, 1.807) is 24.3 Å². The van der Waals surface area contributed by atoms with Gasteiger partial charge in [0, 0.05) is 5.69 Å². The fourth-order valence-corrected chi connectivity index (χ4v) is 2.56. The van der Waals surface area contributed by atoms with Crippen LogP contribution < -0.4 is 10.6 Å². The lowest BCUT2D eigenvalue weighted by molar-refractivity contribution is 0.0601. The molecule has 1 saturated carbocycles. The maximum atomic E-state index is 12.2. The third-order valence-corrected chi connectivity index (χ3v) is 3.99. The third-order valence-electron chi connectivity index (χ3n) is 3.99. The Morgan fingerprint density at radius 1 is 1.00 bits per heavy atom. The fraction of sp³-hybridized carbons (Fsp3) is 0.222. The van der Waals surface area contributed by atoms with Crippen molar-refractivity contribution in [3.8, 4) is 0 Å². The molecule has 2 aromatic carbocycles. The molecule has 2 amide bonds. The standard InChI is InChI=1S/C18H18N2O3/c1-23-16(21)13-7-9-15(10-8-13)19-17(22)20-18(11-12-18)14-5-3-2-4-6-14/h2-10H,11-12H2,1H3,(H2,19,20,22). The zero-order valence-corrected chi connectivity index (χ0v) is 12.8. The number of hydrogen-bond acceptors (Lipinski definition) is 3. The van der Waals surface area contributed by atoms with Gasteiger partial charge in [-0.15, -0.1) is 0 Å². The van der Waals surface area contributed by atoms with Gasteiger partial charge in [-0.1, -0.05) is 30.3 Å². The molecule has 0 radical (unpaired) electrons. The van der Waals surface area contributed by atoms with E-state index in [4.69, 9.17) is 0 Å². The van der Waals surface area contributed by atoms with Gasteiger partial charge in [-0.25, -0.2) is 9.59 Å². The Morgan fingerprint density at radius 3 is 2.22 bits per heavy atom. The van der Waals surface area contributed by atoms with Crippen molar-refractivity contribution in [2.24, 2.45) is 0 Å². The first-order chi connectivity index (χ1) is 11.1. The number of carbonyl (C=O) groups is 2. The first kappa shape index (κ1) is 15.1. The average Bonchev–Trinajstić information content (AvgIpc) is 3.36.